The Bertz CT molecular complexity index is 896. The number of halogens is 1. The number of nitrogens with zero attached hydrogens (tertiary/aromatic N) is 1. The van der Waals surface area contributed by atoms with E-state index in [9.17, 15) is 9.59 Å². The first-order chi connectivity index (χ1) is 12.1. The van der Waals surface area contributed by atoms with Crippen molar-refractivity contribution in [2.75, 3.05) is 11.9 Å². The number of carbonyl (C=O) groups excluding carboxylic acids is 2. The van der Waals surface area contributed by atoms with Gasteiger partial charge in [0.25, 0.3) is 5.91 Å². The molecule has 0 aliphatic rings. The van der Waals surface area contributed by atoms with Crippen LogP contribution in [0.3, 0.4) is 0 Å². The zero-order chi connectivity index (χ0) is 17.6. The van der Waals surface area contributed by atoms with Gasteiger partial charge in [-0.15, -0.1) is 11.3 Å². The molecule has 1 heterocycles. The summed E-state index contributed by atoms with van der Waals surface area (Å²) in [7, 11) is 0. The average molecular weight is 372 g/mol. The van der Waals surface area contributed by atoms with E-state index in [1.54, 1.807) is 18.2 Å². The molecular formula is C18H14ClN3O2S. The summed E-state index contributed by atoms with van der Waals surface area (Å²) in [4.78, 5) is 28.7. The summed E-state index contributed by atoms with van der Waals surface area (Å²) in [5.74, 6) is -0.644. The van der Waals surface area contributed by atoms with Gasteiger partial charge >= 0.3 is 0 Å². The zero-order valence-electron chi connectivity index (χ0n) is 13.0. The van der Waals surface area contributed by atoms with E-state index >= 15 is 0 Å². The topological polar surface area (TPSA) is 71.1 Å². The van der Waals surface area contributed by atoms with Crippen LogP contribution in [-0.4, -0.2) is 23.3 Å². The van der Waals surface area contributed by atoms with Crippen LogP contribution in [0.25, 0.3) is 10.6 Å². The molecule has 0 fully saturated rings. The molecule has 7 heteroatoms. The van der Waals surface area contributed by atoms with Gasteiger partial charge in [-0.05, 0) is 18.2 Å². The summed E-state index contributed by atoms with van der Waals surface area (Å²) < 4.78 is 0. The maximum absolute atomic E-state index is 12.2. The number of nitrogens with one attached hydrogen (secondary N) is 2. The number of benzene rings is 2. The van der Waals surface area contributed by atoms with Gasteiger partial charge in [0.15, 0.2) is 0 Å². The van der Waals surface area contributed by atoms with Gasteiger partial charge in [-0.1, -0.05) is 48.0 Å². The summed E-state index contributed by atoms with van der Waals surface area (Å²) in [6.07, 6.45) is 1.48. The van der Waals surface area contributed by atoms with Crippen LogP contribution in [0.5, 0.6) is 0 Å². The predicted molar refractivity (Wildman–Crippen MR) is 100.0 cm³/mol. The van der Waals surface area contributed by atoms with Gasteiger partial charge in [0, 0.05) is 11.3 Å². The first-order valence-electron chi connectivity index (χ1n) is 7.47. The summed E-state index contributed by atoms with van der Waals surface area (Å²) in [6.45, 7) is -0.118. The quantitative estimate of drug-likeness (QED) is 0.716. The molecular weight excluding hydrogens is 358 g/mol. The minimum Gasteiger partial charge on any atom is -0.342 e. The molecule has 3 rings (SSSR count). The summed E-state index contributed by atoms with van der Waals surface area (Å²) in [5.41, 5.74) is 1.45. The molecule has 2 N–H and O–H groups in total. The third-order valence-corrected chi connectivity index (χ3v) is 4.66. The van der Waals surface area contributed by atoms with Crippen molar-refractivity contribution in [1.82, 2.24) is 10.3 Å². The predicted octanol–water partition coefficient (Wildman–Crippen LogP) is 3.83. The van der Waals surface area contributed by atoms with Crippen LogP contribution in [-0.2, 0) is 4.79 Å². The first-order valence-corrected chi connectivity index (χ1v) is 8.67. The van der Waals surface area contributed by atoms with E-state index in [1.807, 2.05) is 36.4 Å². The zero-order valence-corrected chi connectivity index (χ0v) is 14.6. The van der Waals surface area contributed by atoms with Crippen LogP contribution in [0.15, 0.2) is 60.8 Å². The number of thiazole rings is 1. The minimum atomic E-state index is -0.348. The highest BCUT2D eigenvalue weighted by Crippen LogP contribution is 2.30. The van der Waals surface area contributed by atoms with E-state index in [0.29, 0.717) is 20.6 Å². The lowest BCUT2D eigenvalue weighted by molar-refractivity contribution is -0.115. The van der Waals surface area contributed by atoms with Crippen molar-refractivity contribution >= 4 is 40.4 Å². The Morgan fingerprint density at radius 2 is 1.76 bits per heavy atom. The van der Waals surface area contributed by atoms with Crippen molar-refractivity contribution in [3.63, 3.8) is 0 Å². The molecule has 3 aromatic rings. The fraction of sp³-hybridized carbons (Fsp3) is 0.0556. The number of amides is 2. The average Bonchev–Trinajstić information content (AvgIpc) is 3.11. The highest BCUT2D eigenvalue weighted by molar-refractivity contribution is 7.17. The van der Waals surface area contributed by atoms with Gasteiger partial charge in [-0.3, -0.25) is 9.59 Å². The molecule has 2 aromatic carbocycles. The number of aromatic nitrogens is 1. The van der Waals surface area contributed by atoms with Crippen molar-refractivity contribution in [1.29, 1.82) is 0 Å². The molecule has 0 aliphatic heterocycles. The number of anilines is 1. The smallest absolute Gasteiger partial charge is 0.263 e. The molecule has 1 aromatic heterocycles. The summed E-state index contributed by atoms with van der Waals surface area (Å²) >= 11 is 7.37. The Morgan fingerprint density at radius 1 is 1.04 bits per heavy atom. The molecule has 5 nitrogen and oxygen atoms in total. The number of hydrogen-bond acceptors (Lipinski definition) is 4. The SMILES string of the molecule is O=C(CNC(=O)c1cnc(-c2ccccc2Cl)s1)Nc1ccccc1. The monoisotopic (exact) mass is 371 g/mol. The van der Waals surface area contributed by atoms with Crippen LogP contribution in [0, 0.1) is 0 Å². The molecule has 0 unspecified atom stereocenters. The number of rotatable bonds is 5. The summed E-state index contributed by atoms with van der Waals surface area (Å²) in [6, 6.07) is 16.4. The fourth-order valence-corrected chi connectivity index (χ4v) is 3.27. The van der Waals surface area contributed by atoms with Crippen LogP contribution in [0.1, 0.15) is 9.67 Å². The number of carbonyl (C=O) groups is 2. The molecule has 0 bridgehead atoms. The van der Waals surface area contributed by atoms with Crippen LogP contribution in [0.4, 0.5) is 5.69 Å². The maximum atomic E-state index is 12.2. The first kappa shape index (κ1) is 17.1. The molecule has 0 spiro atoms. The van der Waals surface area contributed by atoms with Gasteiger partial charge in [-0.25, -0.2) is 4.98 Å². The highest BCUT2D eigenvalue weighted by Gasteiger charge is 2.14. The van der Waals surface area contributed by atoms with Crippen molar-refractivity contribution in [2.45, 2.75) is 0 Å². The largest absolute Gasteiger partial charge is 0.342 e. The fourth-order valence-electron chi connectivity index (χ4n) is 2.11. The Hall–Kier alpha value is -2.70. The third kappa shape index (κ3) is 4.43. The van der Waals surface area contributed by atoms with Gasteiger partial charge in [0.2, 0.25) is 5.91 Å². The molecule has 0 aliphatic carbocycles. The molecule has 0 radical (unpaired) electrons. The third-order valence-electron chi connectivity index (χ3n) is 3.30. The standard InChI is InChI=1S/C18H14ClN3O2S/c19-14-9-5-4-8-13(14)18-21-10-15(25-18)17(24)20-11-16(23)22-12-6-2-1-3-7-12/h1-10H,11H2,(H,20,24)(H,22,23). The summed E-state index contributed by atoms with van der Waals surface area (Å²) in [5, 5.41) is 6.52. The van der Waals surface area contributed by atoms with E-state index in [2.05, 4.69) is 15.6 Å². The van der Waals surface area contributed by atoms with Gasteiger partial charge in [-0.2, -0.15) is 0 Å². The molecule has 0 saturated heterocycles. The second kappa shape index (κ2) is 7.92. The van der Waals surface area contributed by atoms with E-state index in [0.717, 1.165) is 5.56 Å². The van der Waals surface area contributed by atoms with Crippen LogP contribution < -0.4 is 10.6 Å². The van der Waals surface area contributed by atoms with Gasteiger partial charge in [0.1, 0.15) is 9.88 Å². The van der Waals surface area contributed by atoms with E-state index in [1.165, 1.54) is 17.5 Å². The molecule has 0 saturated carbocycles. The Balaban J connectivity index is 1.59. The molecule has 2 amide bonds. The lowest BCUT2D eigenvalue weighted by Gasteiger charge is -2.05. The highest BCUT2D eigenvalue weighted by atomic mass is 35.5. The van der Waals surface area contributed by atoms with Crippen LogP contribution in [0.2, 0.25) is 5.02 Å². The normalized spacial score (nSPS) is 10.3. The number of hydrogen-bond donors (Lipinski definition) is 2. The second-order valence-corrected chi connectivity index (χ2v) is 6.54. The maximum Gasteiger partial charge on any atom is 0.263 e. The Kier molecular flexibility index (Phi) is 5.42. The lowest BCUT2D eigenvalue weighted by Crippen LogP contribution is -2.32. The number of para-hydroxylation sites is 1. The van der Waals surface area contributed by atoms with Crippen molar-refractivity contribution in [2.24, 2.45) is 0 Å². The van der Waals surface area contributed by atoms with Crippen LogP contribution >= 0.6 is 22.9 Å². The molecule has 25 heavy (non-hydrogen) atoms. The van der Waals surface area contributed by atoms with Crippen molar-refractivity contribution in [3.8, 4) is 10.6 Å². The van der Waals surface area contributed by atoms with E-state index < -0.39 is 0 Å². The second-order valence-electron chi connectivity index (χ2n) is 5.11. The van der Waals surface area contributed by atoms with E-state index in [4.69, 9.17) is 11.6 Å². The van der Waals surface area contributed by atoms with Crippen molar-refractivity contribution < 1.29 is 9.59 Å². The molecule has 0 atom stereocenters. The van der Waals surface area contributed by atoms with E-state index in [-0.39, 0.29) is 18.4 Å². The minimum absolute atomic E-state index is 0.118. The van der Waals surface area contributed by atoms with Gasteiger partial charge in [0.05, 0.1) is 17.8 Å². The molecule has 126 valence electrons. The van der Waals surface area contributed by atoms with Gasteiger partial charge < -0.3 is 10.6 Å². The Labute approximate surface area is 153 Å². The lowest BCUT2D eigenvalue weighted by atomic mass is 10.2. The Morgan fingerprint density at radius 3 is 2.52 bits per heavy atom. The van der Waals surface area contributed by atoms with Crippen molar-refractivity contribution in [3.05, 3.63) is 70.7 Å².